The molecule has 3 rings (SSSR count). The van der Waals surface area contributed by atoms with Gasteiger partial charge >= 0.3 is 0 Å². The maximum atomic E-state index is 12.4. The minimum absolute atomic E-state index is 0.115. The third kappa shape index (κ3) is 6.36. The Labute approximate surface area is 186 Å². The summed E-state index contributed by atoms with van der Waals surface area (Å²) in [5.74, 6) is 0.176. The van der Waals surface area contributed by atoms with Gasteiger partial charge in [-0.05, 0) is 55.2 Å². The van der Waals surface area contributed by atoms with Crippen LogP contribution in [0.5, 0.6) is 0 Å². The van der Waals surface area contributed by atoms with E-state index < -0.39 is 0 Å². The summed E-state index contributed by atoms with van der Waals surface area (Å²) in [5.41, 5.74) is 8.39. The highest BCUT2D eigenvalue weighted by Crippen LogP contribution is 2.25. The fourth-order valence-corrected chi connectivity index (χ4v) is 3.87. The molecule has 1 amide bonds. The van der Waals surface area contributed by atoms with E-state index in [9.17, 15) is 4.79 Å². The van der Waals surface area contributed by atoms with E-state index in [1.54, 1.807) is 18.2 Å². The number of rotatable bonds is 7. The quantitative estimate of drug-likeness (QED) is 0.439. The van der Waals surface area contributed by atoms with Crippen molar-refractivity contribution in [3.8, 4) is 0 Å². The molecule has 8 heteroatoms. The molecule has 160 valence electrons. The molecule has 1 aliphatic rings. The Morgan fingerprint density at radius 1 is 1.30 bits per heavy atom. The Morgan fingerprint density at radius 3 is 2.87 bits per heavy atom. The molecule has 2 atom stereocenters. The lowest BCUT2D eigenvalue weighted by Crippen LogP contribution is -2.34. The fourth-order valence-electron chi connectivity index (χ4n) is 3.30. The topological polar surface area (TPSA) is 88.7 Å². The van der Waals surface area contributed by atoms with Gasteiger partial charge in [0.1, 0.15) is 0 Å². The number of halogens is 2. The first-order valence-electron chi connectivity index (χ1n) is 9.92. The van der Waals surface area contributed by atoms with E-state index in [0.717, 1.165) is 30.6 Å². The van der Waals surface area contributed by atoms with Crippen molar-refractivity contribution in [3.05, 3.63) is 69.2 Å². The lowest BCUT2D eigenvalue weighted by atomic mass is 10.1. The molecular weight excluding hydrogens is 423 g/mol. The minimum Gasteiger partial charge on any atom is -0.376 e. The van der Waals surface area contributed by atoms with Crippen LogP contribution >= 0.6 is 23.2 Å². The second-order valence-corrected chi connectivity index (χ2v) is 8.12. The first kappa shape index (κ1) is 22.4. The molecule has 4 N–H and O–H groups in total. The Balaban J connectivity index is 1.55. The van der Waals surface area contributed by atoms with Gasteiger partial charge in [-0.25, -0.2) is 4.99 Å². The van der Waals surface area contributed by atoms with E-state index in [0.29, 0.717) is 34.7 Å². The molecule has 1 aliphatic heterocycles. The summed E-state index contributed by atoms with van der Waals surface area (Å²) in [6.07, 6.45) is 2.15. The summed E-state index contributed by atoms with van der Waals surface area (Å²) in [5, 5.41) is 7.20. The lowest BCUT2D eigenvalue weighted by Gasteiger charge is -2.16. The standard InChI is InChI=1S/C22H26Cl2N4O2/c1-14(19-8-7-17(23)11-20(19)24)28-22(25)27-12-15-4-2-5-16(10-15)21(29)26-13-18-6-3-9-30-18/h2,4-5,7-8,10-11,14,18H,3,6,9,12-13H2,1H3,(H,26,29)(H3,25,27,28). The number of carbonyl (C=O) groups excluding carboxylic acids is 1. The van der Waals surface area contributed by atoms with Crippen molar-refractivity contribution in [3.63, 3.8) is 0 Å². The zero-order valence-corrected chi connectivity index (χ0v) is 18.3. The normalized spacial score (nSPS) is 17.6. The van der Waals surface area contributed by atoms with Crippen molar-refractivity contribution >= 4 is 35.1 Å². The van der Waals surface area contributed by atoms with Gasteiger partial charge in [-0.3, -0.25) is 4.79 Å². The molecular formula is C22H26Cl2N4O2. The fraction of sp³-hybridized carbons (Fsp3) is 0.364. The van der Waals surface area contributed by atoms with Gasteiger partial charge in [-0.2, -0.15) is 0 Å². The number of hydrogen-bond acceptors (Lipinski definition) is 3. The van der Waals surface area contributed by atoms with Crippen LogP contribution in [-0.2, 0) is 11.3 Å². The van der Waals surface area contributed by atoms with Crippen molar-refractivity contribution in [2.45, 2.75) is 38.5 Å². The number of guanidine groups is 1. The Bertz CT molecular complexity index is 914. The first-order valence-corrected chi connectivity index (χ1v) is 10.7. The summed E-state index contributed by atoms with van der Waals surface area (Å²) in [7, 11) is 0. The van der Waals surface area contributed by atoms with Gasteiger partial charge in [-0.1, -0.05) is 41.4 Å². The molecule has 0 bridgehead atoms. The second-order valence-electron chi connectivity index (χ2n) is 7.28. The summed E-state index contributed by atoms with van der Waals surface area (Å²) >= 11 is 12.2. The van der Waals surface area contributed by atoms with E-state index in [1.807, 2.05) is 31.2 Å². The molecule has 2 unspecified atom stereocenters. The van der Waals surface area contributed by atoms with Crippen LogP contribution in [-0.4, -0.2) is 31.1 Å². The Kier molecular flexibility index (Phi) is 7.96. The number of carbonyl (C=O) groups is 1. The molecule has 0 aromatic heterocycles. The summed E-state index contributed by atoms with van der Waals surface area (Å²) in [6, 6.07) is 12.6. The van der Waals surface area contributed by atoms with Gasteiger partial charge in [0.15, 0.2) is 5.96 Å². The summed E-state index contributed by atoms with van der Waals surface area (Å²) in [4.78, 5) is 16.8. The molecule has 1 fully saturated rings. The summed E-state index contributed by atoms with van der Waals surface area (Å²) in [6.45, 7) is 3.60. The van der Waals surface area contributed by atoms with Gasteiger partial charge in [0.2, 0.25) is 0 Å². The SMILES string of the molecule is CC(NC(N)=NCc1cccc(C(=O)NCC2CCCO2)c1)c1ccc(Cl)cc1Cl. The van der Waals surface area contributed by atoms with Crippen LogP contribution in [0, 0.1) is 0 Å². The average Bonchev–Trinajstić information content (AvgIpc) is 3.24. The van der Waals surface area contributed by atoms with Crippen molar-refractivity contribution in [1.29, 1.82) is 0 Å². The van der Waals surface area contributed by atoms with Gasteiger partial charge in [0.05, 0.1) is 18.7 Å². The predicted molar refractivity (Wildman–Crippen MR) is 121 cm³/mol. The monoisotopic (exact) mass is 448 g/mol. The number of nitrogens with zero attached hydrogens (tertiary/aromatic N) is 1. The van der Waals surface area contributed by atoms with Crippen LogP contribution in [0.25, 0.3) is 0 Å². The number of ether oxygens (including phenoxy) is 1. The lowest BCUT2D eigenvalue weighted by molar-refractivity contribution is 0.0857. The van der Waals surface area contributed by atoms with Crippen LogP contribution in [0.2, 0.25) is 10.0 Å². The molecule has 0 aliphatic carbocycles. The third-order valence-electron chi connectivity index (χ3n) is 4.93. The molecule has 2 aromatic rings. The van der Waals surface area contributed by atoms with Crippen molar-refractivity contribution < 1.29 is 9.53 Å². The van der Waals surface area contributed by atoms with Crippen molar-refractivity contribution in [2.24, 2.45) is 10.7 Å². The molecule has 30 heavy (non-hydrogen) atoms. The molecule has 6 nitrogen and oxygen atoms in total. The van der Waals surface area contributed by atoms with Gasteiger partial charge in [0.25, 0.3) is 5.91 Å². The van der Waals surface area contributed by atoms with Gasteiger partial charge < -0.3 is 21.1 Å². The van der Waals surface area contributed by atoms with Crippen molar-refractivity contribution in [1.82, 2.24) is 10.6 Å². The highest BCUT2D eigenvalue weighted by atomic mass is 35.5. The zero-order chi connectivity index (χ0) is 21.5. The minimum atomic E-state index is -0.131. The maximum Gasteiger partial charge on any atom is 0.251 e. The number of nitrogens with two attached hydrogens (primary N) is 1. The van der Waals surface area contributed by atoms with E-state index >= 15 is 0 Å². The summed E-state index contributed by atoms with van der Waals surface area (Å²) < 4.78 is 5.54. The molecule has 1 heterocycles. The van der Waals surface area contributed by atoms with E-state index in [4.69, 9.17) is 33.7 Å². The maximum absolute atomic E-state index is 12.4. The number of amides is 1. The number of benzene rings is 2. The number of hydrogen-bond donors (Lipinski definition) is 3. The second kappa shape index (κ2) is 10.7. The third-order valence-corrected chi connectivity index (χ3v) is 5.49. The molecule has 1 saturated heterocycles. The molecule has 2 aromatic carbocycles. The van der Waals surface area contributed by atoms with E-state index in [2.05, 4.69) is 15.6 Å². The van der Waals surface area contributed by atoms with Crippen LogP contribution in [0.15, 0.2) is 47.5 Å². The van der Waals surface area contributed by atoms with E-state index in [1.165, 1.54) is 0 Å². The first-order chi connectivity index (χ1) is 14.4. The van der Waals surface area contributed by atoms with Gasteiger partial charge in [-0.15, -0.1) is 0 Å². The average molecular weight is 449 g/mol. The van der Waals surface area contributed by atoms with Crippen LogP contribution in [0.3, 0.4) is 0 Å². The van der Waals surface area contributed by atoms with Crippen LogP contribution < -0.4 is 16.4 Å². The molecule has 0 spiro atoms. The van der Waals surface area contributed by atoms with E-state index in [-0.39, 0.29) is 18.1 Å². The smallest absolute Gasteiger partial charge is 0.251 e. The Morgan fingerprint density at radius 2 is 2.13 bits per heavy atom. The zero-order valence-electron chi connectivity index (χ0n) is 16.8. The predicted octanol–water partition coefficient (Wildman–Crippen LogP) is 4.07. The highest BCUT2D eigenvalue weighted by Gasteiger charge is 2.17. The van der Waals surface area contributed by atoms with Crippen molar-refractivity contribution in [2.75, 3.05) is 13.2 Å². The Hall–Kier alpha value is -2.28. The molecule has 0 radical (unpaired) electrons. The highest BCUT2D eigenvalue weighted by molar-refractivity contribution is 6.35. The van der Waals surface area contributed by atoms with Gasteiger partial charge in [0, 0.05) is 28.8 Å². The van der Waals surface area contributed by atoms with Crippen LogP contribution in [0.4, 0.5) is 0 Å². The molecule has 0 saturated carbocycles. The van der Waals surface area contributed by atoms with Crippen LogP contribution in [0.1, 0.15) is 47.3 Å². The number of nitrogens with one attached hydrogen (secondary N) is 2. The largest absolute Gasteiger partial charge is 0.376 e. The number of aliphatic imine (C=N–C) groups is 1.